The van der Waals surface area contributed by atoms with Crippen LogP contribution in [-0.2, 0) is 0 Å². The summed E-state index contributed by atoms with van der Waals surface area (Å²) in [6, 6.07) is 0. The highest BCUT2D eigenvalue weighted by atomic mass is 79.9. The number of rotatable bonds is 4. The molecule has 0 aliphatic heterocycles. The molecule has 2 unspecified atom stereocenters. The molecule has 11 heavy (non-hydrogen) atoms. The summed E-state index contributed by atoms with van der Waals surface area (Å²) >= 11 is 3.50. The highest BCUT2D eigenvalue weighted by Crippen LogP contribution is 2.14. The van der Waals surface area contributed by atoms with Gasteiger partial charge in [0, 0.05) is 4.83 Å². The molecule has 0 aliphatic carbocycles. The molecule has 0 saturated heterocycles. The van der Waals surface area contributed by atoms with Gasteiger partial charge >= 0.3 is 0 Å². The molecule has 0 heterocycles. The molecule has 0 aliphatic rings. The van der Waals surface area contributed by atoms with E-state index in [4.69, 9.17) is 5.11 Å². The molecule has 0 aromatic heterocycles. The summed E-state index contributed by atoms with van der Waals surface area (Å²) in [5.41, 5.74) is 1.06. The molecular formula is C9H17BrO. The van der Waals surface area contributed by atoms with Crippen molar-refractivity contribution in [2.45, 2.75) is 32.0 Å². The van der Waals surface area contributed by atoms with Gasteiger partial charge < -0.3 is 5.11 Å². The molecule has 0 bridgehead atoms. The van der Waals surface area contributed by atoms with E-state index in [2.05, 4.69) is 35.9 Å². The monoisotopic (exact) mass is 220 g/mol. The molecule has 2 atom stereocenters. The summed E-state index contributed by atoms with van der Waals surface area (Å²) in [4.78, 5) is 0.556. The van der Waals surface area contributed by atoms with Gasteiger partial charge in [0.1, 0.15) is 0 Å². The fourth-order valence-corrected chi connectivity index (χ4v) is 1.71. The lowest BCUT2D eigenvalue weighted by Gasteiger charge is -2.08. The first-order chi connectivity index (χ1) is 5.06. The molecule has 0 fully saturated rings. The maximum Gasteiger partial charge on any atom is 0.0639 e. The van der Waals surface area contributed by atoms with Gasteiger partial charge in [-0.25, -0.2) is 0 Å². The zero-order valence-corrected chi connectivity index (χ0v) is 9.06. The third kappa shape index (κ3) is 6.57. The lowest BCUT2D eigenvalue weighted by molar-refractivity contribution is 0.330. The number of alkyl halides is 1. The zero-order chi connectivity index (χ0) is 8.85. The van der Waals surface area contributed by atoms with Crippen molar-refractivity contribution in [1.29, 1.82) is 0 Å². The molecule has 0 amide bonds. The highest BCUT2D eigenvalue weighted by Gasteiger charge is 2.02. The Kier molecular flexibility index (Phi) is 5.88. The van der Waals surface area contributed by atoms with E-state index < -0.39 is 0 Å². The average molecular weight is 221 g/mol. The van der Waals surface area contributed by atoms with E-state index in [0.717, 1.165) is 12.0 Å². The van der Waals surface area contributed by atoms with Crippen LogP contribution in [0.2, 0.25) is 0 Å². The number of aliphatic hydroxyl groups excluding tert-OH is 1. The molecule has 0 radical (unpaired) electrons. The third-order valence-corrected chi connectivity index (χ3v) is 1.89. The van der Waals surface area contributed by atoms with Crippen LogP contribution in [0.3, 0.4) is 0 Å². The predicted molar refractivity (Wildman–Crippen MR) is 53.0 cm³/mol. The minimum Gasteiger partial charge on any atom is -0.392 e. The van der Waals surface area contributed by atoms with Gasteiger partial charge in [0.05, 0.1) is 6.61 Å². The van der Waals surface area contributed by atoms with Crippen molar-refractivity contribution in [3.05, 3.63) is 11.6 Å². The molecule has 0 aromatic carbocycles. The Hall–Kier alpha value is 0.180. The van der Waals surface area contributed by atoms with Gasteiger partial charge in [-0.3, -0.25) is 0 Å². The van der Waals surface area contributed by atoms with E-state index in [9.17, 15) is 0 Å². The molecule has 2 heteroatoms. The van der Waals surface area contributed by atoms with Crippen LogP contribution in [0.15, 0.2) is 11.6 Å². The van der Waals surface area contributed by atoms with Crippen LogP contribution >= 0.6 is 15.9 Å². The smallest absolute Gasteiger partial charge is 0.0639 e. The summed E-state index contributed by atoms with van der Waals surface area (Å²) in [5.74, 6) is 0.552. The summed E-state index contributed by atoms with van der Waals surface area (Å²) in [6.07, 6.45) is 3.25. The normalized spacial score (nSPS) is 18.1. The Bertz CT molecular complexity index is 130. The van der Waals surface area contributed by atoms with Gasteiger partial charge in [0.25, 0.3) is 0 Å². The van der Waals surface area contributed by atoms with Crippen LogP contribution in [0.1, 0.15) is 27.2 Å². The average Bonchev–Trinajstić information content (AvgIpc) is 1.85. The van der Waals surface area contributed by atoms with E-state index in [1.807, 2.05) is 6.92 Å². The Labute approximate surface area is 77.6 Å². The Morgan fingerprint density at radius 1 is 1.55 bits per heavy atom. The summed E-state index contributed by atoms with van der Waals surface area (Å²) in [7, 11) is 0. The molecule has 0 rings (SSSR count). The Balaban J connectivity index is 3.75. The second-order valence-electron chi connectivity index (χ2n) is 3.16. The largest absolute Gasteiger partial charge is 0.392 e. The van der Waals surface area contributed by atoms with Crippen LogP contribution in [0.5, 0.6) is 0 Å². The van der Waals surface area contributed by atoms with Crippen molar-refractivity contribution >= 4 is 15.9 Å². The lowest BCUT2D eigenvalue weighted by atomic mass is 10.0. The van der Waals surface area contributed by atoms with Crippen LogP contribution in [0, 0.1) is 5.92 Å². The summed E-state index contributed by atoms with van der Waals surface area (Å²) in [6.45, 7) is 6.44. The Morgan fingerprint density at radius 3 is 2.45 bits per heavy atom. The van der Waals surface area contributed by atoms with Crippen molar-refractivity contribution < 1.29 is 5.11 Å². The van der Waals surface area contributed by atoms with Crippen molar-refractivity contribution in [3.63, 3.8) is 0 Å². The summed E-state index contributed by atoms with van der Waals surface area (Å²) in [5, 5.41) is 8.74. The quantitative estimate of drug-likeness (QED) is 0.571. The van der Waals surface area contributed by atoms with E-state index >= 15 is 0 Å². The number of hydrogen-bond donors (Lipinski definition) is 1. The number of halogens is 1. The van der Waals surface area contributed by atoms with Crippen molar-refractivity contribution in [3.8, 4) is 0 Å². The standard InChI is InChI=1S/C9H17BrO/c1-7(5-9(3)10)4-8(2)6-11/h4,7,9,11H,5-6H2,1-3H3. The zero-order valence-electron chi connectivity index (χ0n) is 7.47. The molecule has 0 aromatic rings. The molecule has 0 spiro atoms. The van der Waals surface area contributed by atoms with Gasteiger partial charge in [-0.15, -0.1) is 0 Å². The summed E-state index contributed by atoms with van der Waals surface area (Å²) < 4.78 is 0. The van der Waals surface area contributed by atoms with Crippen molar-refractivity contribution in [2.75, 3.05) is 6.61 Å². The van der Waals surface area contributed by atoms with Gasteiger partial charge in [-0.05, 0) is 19.3 Å². The highest BCUT2D eigenvalue weighted by molar-refractivity contribution is 9.09. The number of allylic oxidation sites excluding steroid dienone is 1. The molecule has 1 nitrogen and oxygen atoms in total. The van der Waals surface area contributed by atoms with Crippen LogP contribution in [0.25, 0.3) is 0 Å². The van der Waals surface area contributed by atoms with Gasteiger partial charge in [-0.1, -0.05) is 41.4 Å². The first-order valence-corrected chi connectivity index (χ1v) is 4.90. The lowest BCUT2D eigenvalue weighted by Crippen LogP contribution is -2.00. The van der Waals surface area contributed by atoms with E-state index in [1.165, 1.54) is 0 Å². The van der Waals surface area contributed by atoms with E-state index in [1.54, 1.807) is 0 Å². The SMILES string of the molecule is CC(=CC(C)CC(C)Br)CO. The number of aliphatic hydroxyl groups is 1. The second kappa shape index (κ2) is 5.78. The van der Waals surface area contributed by atoms with Gasteiger partial charge in [0.2, 0.25) is 0 Å². The Morgan fingerprint density at radius 2 is 2.09 bits per heavy atom. The number of hydrogen-bond acceptors (Lipinski definition) is 1. The minimum absolute atomic E-state index is 0.182. The minimum atomic E-state index is 0.182. The van der Waals surface area contributed by atoms with Crippen LogP contribution in [0.4, 0.5) is 0 Å². The third-order valence-electron chi connectivity index (χ3n) is 1.52. The fraction of sp³-hybridized carbons (Fsp3) is 0.778. The first-order valence-electron chi connectivity index (χ1n) is 3.98. The van der Waals surface area contributed by atoms with Crippen molar-refractivity contribution in [1.82, 2.24) is 0 Å². The van der Waals surface area contributed by atoms with E-state index in [-0.39, 0.29) is 6.61 Å². The molecular weight excluding hydrogens is 204 g/mol. The maximum atomic E-state index is 8.74. The predicted octanol–water partition coefficient (Wildman–Crippen LogP) is 2.73. The van der Waals surface area contributed by atoms with E-state index in [0.29, 0.717) is 10.7 Å². The molecule has 66 valence electrons. The maximum absolute atomic E-state index is 8.74. The molecule has 0 saturated carbocycles. The van der Waals surface area contributed by atoms with Gasteiger partial charge in [0.15, 0.2) is 0 Å². The van der Waals surface area contributed by atoms with Crippen molar-refractivity contribution in [2.24, 2.45) is 5.92 Å². The van der Waals surface area contributed by atoms with Gasteiger partial charge in [-0.2, -0.15) is 0 Å². The van der Waals surface area contributed by atoms with Crippen LogP contribution < -0.4 is 0 Å². The van der Waals surface area contributed by atoms with Crippen LogP contribution in [-0.4, -0.2) is 16.5 Å². The topological polar surface area (TPSA) is 20.2 Å². The molecule has 1 N–H and O–H groups in total. The first kappa shape index (κ1) is 11.2. The second-order valence-corrected chi connectivity index (χ2v) is 4.73. The fourth-order valence-electron chi connectivity index (χ4n) is 1.12.